The fourth-order valence-corrected chi connectivity index (χ4v) is 3.56. The highest BCUT2D eigenvalue weighted by molar-refractivity contribution is 7.10. The van der Waals surface area contributed by atoms with Crippen LogP contribution in [0.15, 0.2) is 23.6 Å². The van der Waals surface area contributed by atoms with E-state index in [1.54, 1.807) is 11.3 Å². The van der Waals surface area contributed by atoms with Crippen LogP contribution in [0.1, 0.15) is 23.4 Å². The maximum Gasteiger partial charge on any atom is 0.237 e. The first kappa shape index (κ1) is 13.3. The van der Waals surface area contributed by atoms with Crippen molar-refractivity contribution in [2.45, 2.75) is 25.2 Å². The maximum atomic E-state index is 12.8. The average molecular weight is 291 g/mol. The minimum Gasteiger partial charge on any atom is -0.381 e. The lowest BCUT2D eigenvalue weighted by molar-refractivity contribution is -0.125. The Bertz CT molecular complexity index is 585. The summed E-state index contributed by atoms with van der Waals surface area (Å²) in [5.74, 6) is 0.588. The lowest BCUT2D eigenvalue weighted by Gasteiger charge is -2.34. The first-order valence-corrected chi connectivity index (χ1v) is 7.54. The number of aromatic amines is 1. The minimum atomic E-state index is -0.487. The number of ether oxygens (including phenoxy) is 1. The summed E-state index contributed by atoms with van der Waals surface area (Å²) in [5.41, 5.74) is 0.441. The van der Waals surface area contributed by atoms with Crippen LogP contribution in [0.5, 0.6) is 0 Å². The normalized spacial score (nSPS) is 17.9. The number of hydrogen-bond donors (Lipinski definition) is 2. The molecule has 0 radical (unpaired) electrons. The van der Waals surface area contributed by atoms with Gasteiger partial charge in [-0.25, -0.2) is 0 Å². The third-order valence-corrected chi connectivity index (χ3v) is 4.80. The third-order valence-electron chi connectivity index (χ3n) is 3.72. The average Bonchev–Trinajstić information content (AvgIpc) is 3.11. The van der Waals surface area contributed by atoms with E-state index in [1.807, 2.05) is 30.5 Å². The molecule has 3 rings (SSSR count). The van der Waals surface area contributed by atoms with Crippen molar-refractivity contribution in [3.63, 3.8) is 0 Å². The predicted octanol–water partition coefficient (Wildman–Crippen LogP) is 2.47. The summed E-state index contributed by atoms with van der Waals surface area (Å²) in [6, 6.07) is 5.86. The summed E-state index contributed by atoms with van der Waals surface area (Å²) >= 11 is 1.63. The molecule has 0 atom stereocenters. The van der Waals surface area contributed by atoms with E-state index in [-0.39, 0.29) is 5.91 Å². The number of aromatic nitrogens is 2. The molecule has 0 aromatic carbocycles. The molecule has 106 valence electrons. The fraction of sp³-hybridized carbons (Fsp3) is 0.429. The Hall–Kier alpha value is -1.66. The summed E-state index contributed by atoms with van der Waals surface area (Å²) in [7, 11) is 0. The van der Waals surface area contributed by atoms with Crippen LogP contribution in [0, 0.1) is 6.92 Å². The second-order valence-corrected chi connectivity index (χ2v) is 6.01. The van der Waals surface area contributed by atoms with Crippen LogP contribution < -0.4 is 5.32 Å². The van der Waals surface area contributed by atoms with Crippen LogP contribution in [-0.4, -0.2) is 29.3 Å². The van der Waals surface area contributed by atoms with Gasteiger partial charge in [-0.05, 0) is 31.2 Å². The second kappa shape index (κ2) is 5.38. The van der Waals surface area contributed by atoms with Crippen LogP contribution in [0.2, 0.25) is 0 Å². The highest BCUT2D eigenvalue weighted by Gasteiger charge is 2.42. The van der Waals surface area contributed by atoms with Crippen LogP contribution in [-0.2, 0) is 14.9 Å². The topological polar surface area (TPSA) is 67.0 Å². The summed E-state index contributed by atoms with van der Waals surface area (Å²) in [5, 5.41) is 11.9. The maximum absolute atomic E-state index is 12.8. The van der Waals surface area contributed by atoms with E-state index < -0.39 is 5.41 Å². The Labute approximate surface area is 121 Å². The van der Waals surface area contributed by atoms with Gasteiger partial charge in [0, 0.05) is 29.9 Å². The molecule has 1 fully saturated rings. The minimum absolute atomic E-state index is 0.00903. The number of nitrogens with one attached hydrogen (secondary N) is 2. The van der Waals surface area contributed by atoms with E-state index >= 15 is 0 Å². The van der Waals surface area contributed by atoms with E-state index in [9.17, 15) is 4.79 Å². The van der Waals surface area contributed by atoms with Gasteiger partial charge in [0.25, 0.3) is 0 Å². The van der Waals surface area contributed by atoms with Gasteiger partial charge in [-0.2, -0.15) is 5.10 Å². The zero-order valence-corrected chi connectivity index (χ0v) is 12.1. The number of rotatable bonds is 3. The number of nitrogens with zero attached hydrogens (tertiary/aromatic N) is 1. The number of aryl methyl sites for hydroxylation is 1. The van der Waals surface area contributed by atoms with Crippen LogP contribution in [0.4, 0.5) is 5.82 Å². The van der Waals surface area contributed by atoms with Crippen molar-refractivity contribution in [2.24, 2.45) is 0 Å². The summed E-state index contributed by atoms with van der Waals surface area (Å²) < 4.78 is 5.43. The molecular formula is C14H17N3O2S. The Morgan fingerprint density at radius 3 is 2.90 bits per heavy atom. The highest BCUT2D eigenvalue weighted by atomic mass is 32.1. The third kappa shape index (κ3) is 2.36. The van der Waals surface area contributed by atoms with Crippen molar-refractivity contribution in [1.29, 1.82) is 0 Å². The van der Waals surface area contributed by atoms with Gasteiger partial charge in [0.1, 0.15) is 0 Å². The first-order valence-electron chi connectivity index (χ1n) is 6.66. The predicted molar refractivity (Wildman–Crippen MR) is 78.0 cm³/mol. The molecule has 3 heterocycles. The molecule has 1 saturated heterocycles. The Kier molecular flexibility index (Phi) is 3.58. The number of carbonyl (C=O) groups excluding carboxylic acids is 1. The Morgan fingerprint density at radius 2 is 2.30 bits per heavy atom. The van der Waals surface area contributed by atoms with E-state index in [0.29, 0.717) is 31.9 Å². The highest BCUT2D eigenvalue weighted by Crippen LogP contribution is 2.38. The van der Waals surface area contributed by atoms with Gasteiger partial charge in [0.05, 0.1) is 5.41 Å². The van der Waals surface area contributed by atoms with Crippen molar-refractivity contribution < 1.29 is 9.53 Å². The van der Waals surface area contributed by atoms with Gasteiger partial charge in [-0.15, -0.1) is 11.3 Å². The fourth-order valence-electron chi connectivity index (χ4n) is 2.57. The van der Waals surface area contributed by atoms with Gasteiger partial charge in [0.15, 0.2) is 5.82 Å². The number of thiophene rings is 1. The van der Waals surface area contributed by atoms with Crippen LogP contribution >= 0.6 is 11.3 Å². The van der Waals surface area contributed by atoms with Crippen LogP contribution in [0.25, 0.3) is 0 Å². The molecule has 2 N–H and O–H groups in total. The quantitative estimate of drug-likeness (QED) is 0.913. The van der Waals surface area contributed by atoms with E-state index in [1.165, 1.54) is 0 Å². The lowest BCUT2D eigenvalue weighted by Crippen LogP contribution is -2.44. The molecule has 20 heavy (non-hydrogen) atoms. The SMILES string of the molecule is Cc1cc(NC(=O)C2(c3cccs3)CCOCC2)n[nH]1. The Morgan fingerprint density at radius 1 is 1.50 bits per heavy atom. The molecule has 1 aliphatic heterocycles. The van der Waals surface area contributed by atoms with Gasteiger partial charge in [0.2, 0.25) is 5.91 Å². The van der Waals surface area contributed by atoms with Gasteiger partial charge >= 0.3 is 0 Å². The summed E-state index contributed by atoms with van der Waals surface area (Å²) in [6.45, 7) is 3.14. The summed E-state index contributed by atoms with van der Waals surface area (Å²) in [6.07, 6.45) is 1.42. The molecule has 0 aliphatic carbocycles. The van der Waals surface area contributed by atoms with E-state index in [0.717, 1.165) is 10.6 Å². The van der Waals surface area contributed by atoms with Gasteiger partial charge < -0.3 is 10.1 Å². The van der Waals surface area contributed by atoms with Gasteiger partial charge in [-0.1, -0.05) is 6.07 Å². The molecule has 2 aromatic rings. The van der Waals surface area contributed by atoms with Crippen molar-refractivity contribution >= 4 is 23.1 Å². The molecule has 6 heteroatoms. The molecule has 5 nitrogen and oxygen atoms in total. The Balaban J connectivity index is 1.87. The zero-order chi connectivity index (χ0) is 14.0. The molecule has 0 spiro atoms. The molecule has 1 amide bonds. The largest absolute Gasteiger partial charge is 0.381 e. The number of carbonyl (C=O) groups is 1. The van der Waals surface area contributed by atoms with Crippen molar-refractivity contribution in [3.05, 3.63) is 34.2 Å². The summed E-state index contributed by atoms with van der Waals surface area (Å²) in [4.78, 5) is 13.9. The van der Waals surface area contributed by atoms with Gasteiger partial charge in [-0.3, -0.25) is 9.89 Å². The first-order chi connectivity index (χ1) is 9.71. The standard InChI is InChI=1S/C14H17N3O2S/c1-10-9-12(17-16-10)15-13(18)14(4-6-19-7-5-14)11-3-2-8-20-11/h2-3,8-9H,4-7H2,1H3,(H2,15,16,17,18). The number of amides is 1. The number of H-pyrrole nitrogens is 1. The number of hydrogen-bond acceptors (Lipinski definition) is 4. The second-order valence-electron chi connectivity index (χ2n) is 5.06. The molecule has 1 aliphatic rings. The van der Waals surface area contributed by atoms with E-state index in [4.69, 9.17) is 4.74 Å². The molecule has 0 bridgehead atoms. The van der Waals surface area contributed by atoms with Crippen molar-refractivity contribution in [1.82, 2.24) is 10.2 Å². The molecular weight excluding hydrogens is 274 g/mol. The molecule has 0 unspecified atom stereocenters. The monoisotopic (exact) mass is 291 g/mol. The van der Waals surface area contributed by atoms with Crippen molar-refractivity contribution in [2.75, 3.05) is 18.5 Å². The smallest absolute Gasteiger partial charge is 0.237 e. The molecule has 2 aromatic heterocycles. The molecule has 0 saturated carbocycles. The van der Waals surface area contributed by atoms with Crippen molar-refractivity contribution in [3.8, 4) is 0 Å². The van der Waals surface area contributed by atoms with E-state index in [2.05, 4.69) is 15.5 Å². The number of anilines is 1. The zero-order valence-electron chi connectivity index (χ0n) is 11.3. The van der Waals surface area contributed by atoms with Crippen LogP contribution in [0.3, 0.4) is 0 Å². The lowest BCUT2D eigenvalue weighted by atomic mass is 9.78.